The molecule has 0 unspecified atom stereocenters. The summed E-state index contributed by atoms with van der Waals surface area (Å²) < 4.78 is 3.88. The lowest BCUT2D eigenvalue weighted by atomic mass is 10.2. The Morgan fingerprint density at radius 3 is 2.60 bits per heavy atom. The summed E-state index contributed by atoms with van der Waals surface area (Å²) in [5, 5.41) is 8.75. The van der Waals surface area contributed by atoms with Gasteiger partial charge in [-0.25, -0.2) is 10.4 Å². The van der Waals surface area contributed by atoms with Crippen LogP contribution in [0.2, 0.25) is 0 Å². The van der Waals surface area contributed by atoms with Gasteiger partial charge in [-0.2, -0.15) is 10.2 Å². The van der Waals surface area contributed by atoms with Gasteiger partial charge < -0.3 is 4.57 Å². The first-order valence-corrected chi connectivity index (χ1v) is 9.83. The maximum Gasteiger partial charge on any atom is 0.247 e. The third-order valence-corrected chi connectivity index (χ3v) is 5.19. The van der Waals surface area contributed by atoms with Gasteiger partial charge in [0.15, 0.2) is 0 Å². The Bertz CT molecular complexity index is 1220. The second-order valence-electron chi connectivity index (χ2n) is 7.27. The highest BCUT2D eigenvalue weighted by molar-refractivity contribution is 5.85. The van der Waals surface area contributed by atoms with Crippen LogP contribution in [0.25, 0.3) is 11.0 Å². The monoisotopic (exact) mass is 400 g/mol. The van der Waals surface area contributed by atoms with Crippen molar-refractivity contribution in [3.63, 3.8) is 0 Å². The molecule has 0 radical (unpaired) electrons. The normalized spacial score (nSPS) is 11.4. The molecule has 0 saturated heterocycles. The van der Waals surface area contributed by atoms with E-state index >= 15 is 0 Å². The standard InChI is InChI=1S/C23H24N6O/c1-16-19(17(2)29(27-16)15-18-9-5-4-6-10-18)14-24-26-23(30)13-22-25-20-11-7-8-12-21(20)28(22)3/h4-12,14H,13,15H2,1-3H3,(H,26,30)/b24-14+. The van der Waals surface area contributed by atoms with E-state index in [0.717, 1.165) is 28.0 Å². The average molecular weight is 400 g/mol. The van der Waals surface area contributed by atoms with Crippen LogP contribution in [0.15, 0.2) is 59.7 Å². The average Bonchev–Trinajstić information content (AvgIpc) is 3.19. The third kappa shape index (κ3) is 4.00. The Kier molecular flexibility index (Phi) is 5.43. The van der Waals surface area contributed by atoms with E-state index in [1.165, 1.54) is 5.56 Å². The fourth-order valence-corrected chi connectivity index (χ4v) is 3.51. The molecule has 0 aliphatic rings. The summed E-state index contributed by atoms with van der Waals surface area (Å²) in [6.07, 6.45) is 1.82. The molecule has 4 aromatic rings. The zero-order valence-corrected chi connectivity index (χ0v) is 17.3. The number of aromatic nitrogens is 4. The van der Waals surface area contributed by atoms with Crippen LogP contribution in [0.1, 0.15) is 28.3 Å². The molecule has 2 heterocycles. The molecular formula is C23H24N6O. The van der Waals surface area contributed by atoms with Gasteiger partial charge in [0.1, 0.15) is 5.82 Å². The zero-order chi connectivity index (χ0) is 21.1. The number of hydrogen-bond donors (Lipinski definition) is 1. The zero-order valence-electron chi connectivity index (χ0n) is 17.3. The number of fused-ring (bicyclic) bond motifs is 1. The minimum atomic E-state index is -0.211. The Hall–Kier alpha value is -3.74. The number of rotatable bonds is 6. The van der Waals surface area contributed by atoms with Crippen molar-refractivity contribution in [2.45, 2.75) is 26.8 Å². The lowest BCUT2D eigenvalue weighted by Crippen LogP contribution is -2.21. The largest absolute Gasteiger partial charge is 0.331 e. The van der Waals surface area contributed by atoms with Crippen LogP contribution in [-0.2, 0) is 24.8 Å². The molecule has 152 valence electrons. The van der Waals surface area contributed by atoms with Gasteiger partial charge in [0, 0.05) is 18.3 Å². The van der Waals surface area contributed by atoms with Crippen LogP contribution < -0.4 is 5.43 Å². The molecule has 0 aliphatic heterocycles. The van der Waals surface area contributed by atoms with Crippen molar-refractivity contribution < 1.29 is 4.79 Å². The van der Waals surface area contributed by atoms with Crippen LogP contribution >= 0.6 is 0 Å². The van der Waals surface area contributed by atoms with E-state index < -0.39 is 0 Å². The first kappa shape index (κ1) is 19.6. The van der Waals surface area contributed by atoms with Gasteiger partial charge in [0.2, 0.25) is 5.91 Å². The Morgan fingerprint density at radius 2 is 1.83 bits per heavy atom. The molecule has 0 fully saturated rings. The third-order valence-electron chi connectivity index (χ3n) is 5.19. The minimum Gasteiger partial charge on any atom is -0.331 e. The number of nitrogens with one attached hydrogen (secondary N) is 1. The topological polar surface area (TPSA) is 77.1 Å². The number of imidazole rings is 1. The Balaban J connectivity index is 1.42. The van der Waals surface area contributed by atoms with E-state index in [-0.39, 0.29) is 12.3 Å². The van der Waals surface area contributed by atoms with Gasteiger partial charge in [-0.05, 0) is 31.5 Å². The minimum absolute atomic E-state index is 0.160. The van der Waals surface area contributed by atoms with Crippen LogP contribution in [0, 0.1) is 13.8 Å². The van der Waals surface area contributed by atoms with Gasteiger partial charge in [-0.15, -0.1) is 0 Å². The summed E-state index contributed by atoms with van der Waals surface area (Å²) in [7, 11) is 1.91. The predicted octanol–water partition coefficient (Wildman–Crippen LogP) is 3.13. The molecule has 0 bridgehead atoms. The molecule has 0 saturated carbocycles. The second-order valence-corrected chi connectivity index (χ2v) is 7.27. The van der Waals surface area contributed by atoms with Crippen molar-refractivity contribution in [2.75, 3.05) is 0 Å². The van der Waals surface area contributed by atoms with Crippen molar-refractivity contribution in [3.05, 3.63) is 82.9 Å². The first-order chi connectivity index (χ1) is 14.5. The molecule has 4 rings (SSSR count). The molecule has 7 heteroatoms. The number of carbonyl (C=O) groups excluding carboxylic acids is 1. The highest BCUT2D eigenvalue weighted by Gasteiger charge is 2.12. The summed E-state index contributed by atoms with van der Waals surface area (Å²) in [5.74, 6) is 0.489. The first-order valence-electron chi connectivity index (χ1n) is 9.83. The molecule has 2 aromatic carbocycles. The number of nitrogens with zero attached hydrogens (tertiary/aromatic N) is 5. The SMILES string of the molecule is Cc1nn(Cc2ccccc2)c(C)c1/C=N/NC(=O)Cc1nc2ccccc2n1C. The molecule has 1 N–H and O–H groups in total. The van der Waals surface area contributed by atoms with E-state index in [9.17, 15) is 4.79 Å². The quantitative estimate of drug-likeness (QED) is 0.399. The maximum atomic E-state index is 12.3. The van der Waals surface area contributed by atoms with Crippen molar-refractivity contribution in [3.8, 4) is 0 Å². The number of hydrogen-bond acceptors (Lipinski definition) is 4. The van der Waals surface area contributed by atoms with E-state index in [2.05, 4.69) is 32.7 Å². The molecule has 30 heavy (non-hydrogen) atoms. The van der Waals surface area contributed by atoms with Crippen molar-refractivity contribution in [2.24, 2.45) is 12.1 Å². The van der Waals surface area contributed by atoms with E-state index in [1.807, 2.05) is 72.6 Å². The molecule has 1 amide bonds. The fraction of sp³-hybridized carbons (Fsp3) is 0.217. The van der Waals surface area contributed by atoms with E-state index in [1.54, 1.807) is 6.21 Å². The smallest absolute Gasteiger partial charge is 0.247 e. The highest BCUT2D eigenvalue weighted by atomic mass is 16.2. The summed E-state index contributed by atoms with van der Waals surface area (Å²) in [4.78, 5) is 16.9. The molecule has 7 nitrogen and oxygen atoms in total. The van der Waals surface area contributed by atoms with Crippen LogP contribution in [0.5, 0.6) is 0 Å². The molecule has 0 spiro atoms. The summed E-state index contributed by atoms with van der Waals surface area (Å²) >= 11 is 0. The Morgan fingerprint density at radius 1 is 1.10 bits per heavy atom. The van der Waals surface area contributed by atoms with Gasteiger partial charge in [0.25, 0.3) is 0 Å². The second kappa shape index (κ2) is 8.32. The highest BCUT2D eigenvalue weighted by Crippen LogP contribution is 2.15. The number of amides is 1. The van der Waals surface area contributed by atoms with Crippen molar-refractivity contribution >= 4 is 23.2 Å². The van der Waals surface area contributed by atoms with Crippen molar-refractivity contribution in [1.82, 2.24) is 24.8 Å². The predicted molar refractivity (Wildman–Crippen MR) is 117 cm³/mol. The van der Waals surface area contributed by atoms with Gasteiger partial charge in [0.05, 0.1) is 35.9 Å². The number of hydrazone groups is 1. The number of benzene rings is 2. The fourth-order valence-electron chi connectivity index (χ4n) is 3.51. The van der Waals surface area contributed by atoms with E-state index in [0.29, 0.717) is 12.4 Å². The van der Waals surface area contributed by atoms with E-state index in [4.69, 9.17) is 0 Å². The summed E-state index contributed by atoms with van der Waals surface area (Å²) in [6, 6.07) is 18.0. The lowest BCUT2D eigenvalue weighted by Gasteiger charge is -2.04. The molecule has 0 aliphatic carbocycles. The van der Waals surface area contributed by atoms with Gasteiger partial charge >= 0.3 is 0 Å². The van der Waals surface area contributed by atoms with Gasteiger partial charge in [-0.3, -0.25) is 9.48 Å². The number of para-hydroxylation sites is 2. The Labute approximate surface area is 175 Å². The summed E-state index contributed by atoms with van der Waals surface area (Å²) in [5.41, 5.74) is 8.45. The van der Waals surface area contributed by atoms with Crippen molar-refractivity contribution in [1.29, 1.82) is 0 Å². The number of aryl methyl sites for hydroxylation is 2. The number of carbonyl (C=O) groups is 1. The molecular weight excluding hydrogens is 376 g/mol. The van der Waals surface area contributed by atoms with Crippen LogP contribution in [0.3, 0.4) is 0 Å². The van der Waals surface area contributed by atoms with Crippen LogP contribution in [-0.4, -0.2) is 31.5 Å². The van der Waals surface area contributed by atoms with Gasteiger partial charge in [-0.1, -0.05) is 42.5 Å². The lowest BCUT2D eigenvalue weighted by molar-refractivity contribution is -0.120. The molecule has 2 aromatic heterocycles. The molecule has 0 atom stereocenters. The summed E-state index contributed by atoms with van der Waals surface area (Å²) in [6.45, 7) is 4.64. The maximum absolute atomic E-state index is 12.3. The van der Waals surface area contributed by atoms with Crippen LogP contribution in [0.4, 0.5) is 0 Å².